The van der Waals surface area contributed by atoms with Crippen molar-refractivity contribution in [3.05, 3.63) is 29.1 Å². The van der Waals surface area contributed by atoms with Gasteiger partial charge in [0.05, 0.1) is 10.6 Å². The normalized spacial score (nSPS) is 15.7. The Kier molecular flexibility index (Phi) is 3.79. The summed E-state index contributed by atoms with van der Waals surface area (Å²) < 4.78 is 62.5. The second-order valence-corrected chi connectivity index (χ2v) is 8.13. The highest BCUT2D eigenvalue weighted by Gasteiger charge is 2.38. The molecule has 6 nitrogen and oxygen atoms in total. The minimum Gasteiger partial charge on any atom is -0.368 e. The Morgan fingerprint density at radius 1 is 1.33 bits per heavy atom. The van der Waals surface area contributed by atoms with E-state index in [1.165, 1.54) is 19.1 Å². The molecule has 1 aliphatic rings. The van der Waals surface area contributed by atoms with Crippen molar-refractivity contribution in [2.75, 3.05) is 5.73 Å². The van der Waals surface area contributed by atoms with Gasteiger partial charge in [-0.15, -0.1) is 5.10 Å². The van der Waals surface area contributed by atoms with Crippen LogP contribution in [0, 0.1) is 6.92 Å². The third-order valence-electron chi connectivity index (χ3n) is 3.72. The Morgan fingerprint density at radius 2 is 1.96 bits per heavy atom. The number of alkyl halides is 3. The molecule has 11 heteroatoms. The molecular formula is C13H12ClF3N4O2S. The first kappa shape index (κ1) is 17.0. The summed E-state index contributed by atoms with van der Waals surface area (Å²) in [6, 6.07) is 2.78. The minimum atomic E-state index is -4.73. The highest BCUT2D eigenvalue weighted by Crippen LogP contribution is 2.44. The van der Waals surface area contributed by atoms with Gasteiger partial charge in [-0.05, 0) is 48.9 Å². The van der Waals surface area contributed by atoms with Crippen molar-refractivity contribution in [1.82, 2.24) is 14.8 Å². The Balaban J connectivity index is 2.22. The van der Waals surface area contributed by atoms with Crippen LogP contribution in [0.3, 0.4) is 0 Å². The topological polar surface area (TPSA) is 90.9 Å². The molecule has 3 rings (SSSR count). The number of nitrogen functional groups attached to an aromatic ring is 1. The summed E-state index contributed by atoms with van der Waals surface area (Å²) in [6.07, 6.45) is -3.15. The lowest BCUT2D eigenvalue weighted by Crippen LogP contribution is -2.10. The Labute approximate surface area is 139 Å². The number of nitrogens with zero attached hydrogens (tertiary/aromatic N) is 3. The van der Waals surface area contributed by atoms with Gasteiger partial charge in [0, 0.05) is 10.7 Å². The highest BCUT2D eigenvalue weighted by atomic mass is 35.7. The average molecular weight is 381 g/mol. The van der Waals surface area contributed by atoms with Crippen molar-refractivity contribution in [2.45, 2.75) is 36.8 Å². The number of aromatic nitrogens is 3. The largest absolute Gasteiger partial charge is 0.453 e. The molecule has 0 bridgehead atoms. The van der Waals surface area contributed by atoms with Crippen molar-refractivity contribution in [3.63, 3.8) is 0 Å². The van der Waals surface area contributed by atoms with Crippen LogP contribution in [0.4, 0.5) is 19.1 Å². The number of rotatable bonds is 3. The third-order valence-corrected chi connectivity index (χ3v) is 5.18. The summed E-state index contributed by atoms with van der Waals surface area (Å²) in [5, 5.41) is 3.43. The van der Waals surface area contributed by atoms with Gasteiger partial charge in [0.25, 0.3) is 14.9 Å². The molecule has 0 amide bonds. The van der Waals surface area contributed by atoms with Gasteiger partial charge in [-0.1, -0.05) is 0 Å². The summed E-state index contributed by atoms with van der Waals surface area (Å²) in [5.74, 6) is -1.76. The van der Waals surface area contributed by atoms with Gasteiger partial charge < -0.3 is 5.73 Å². The average Bonchev–Trinajstić information content (AvgIpc) is 3.18. The number of hydrogen-bond acceptors (Lipinski definition) is 5. The number of halogens is 4. The van der Waals surface area contributed by atoms with Gasteiger partial charge in [-0.25, -0.2) is 8.42 Å². The first-order valence-electron chi connectivity index (χ1n) is 6.88. The summed E-state index contributed by atoms with van der Waals surface area (Å²) in [6.45, 7) is 1.49. The second kappa shape index (κ2) is 5.35. The summed E-state index contributed by atoms with van der Waals surface area (Å²) in [7, 11) is 1.45. The molecule has 2 N–H and O–H groups in total. The molecule has 24 heavy (non-hydrogen) atoms. The molecule has 1 aromatic heterocycles. The van der Waals surface area contributed by atoms with Gasteiger partial charge >= 0.3 is 6.18 Å². The van der Waals surface area contributed by atoms with Gasteiger partial charge in [0.15, 0.2) is 0 Å². The molecule has 1 heterocycles. The van der Waals surface area contributed by atoms with E-state index in [2.05, 4.69) is 10.1 Å². The van der Waals surface area contributed by atoms with Crippen LogP contribution in [0.5, 0.6) is 0 Å². The van der Waals surface area contributed by atoms with E-state index in [0.717, 1.165) is 17.5 Å². The smallest absolute Gasteiger partial charge is 0.368 e. The number of benzene rings is 1. The number of aryl methyl sites for hydroxylation is 1. The van der Waals surface area contributed by atoms with E-state index in [9.17, 15) is 21.6 Å². The first-order valence-corrected chi connectivity index (χ1v) is 9.18. The number of anilines is 1. The van der Waals surface area contributed by atoms with Gasteiger partial charge in [0.1, 0.15) is 0 Å². The molecule has 0 radical (unpaired) electrons. The molecule has 0 spiro atoms. The van der Waals surface area contributed by atoms with Crippen LogP contribution in [0.15, 0.2) is 17.0 Å². The zero-order valence-corrected chi connectivity index (χ0v) is 13.9. The lowest BCUT2D eigenvalue weighted by Gasteiger charge is -2.13. The quantitative estimate of drug-likeness (QED) is 0.826. The molecule has 0 unspecified atom stereocenters. The van der Waals surface area contributed by atoms with Crippen LogP contribution in [0.1, 0.15) is 35.7 Å². The van der Waals surface area contributed by atoms with Crippen LogP contribution in [0.2, 0.25) is 0 Å². The molecule has 1 fully saturated rings. The number of hydrogen-bond donors (Lipinski definition) is 1. The molecule has 0 aliphatic heterocycles. The summed E-state index contributed by atoms with van der Waals surface area (Å²) >= 11 is 0. The van der Waals surface area contributed by atoms with E-state index in [1.54, 1.807) is 0 Å². The van der Waals surface area contributed by atoms with Gasteiger partial charge in [-0.2, -0.15) is 22.8 Å². The van der Waals surface area contributed by atoms with Gasteiger partial charge in [-0.3, -0.25) is 0 Å². The predicted octanol–water partition coefficient (Wildman–Crippen LogP) is 2.98. The third kappa shape index (κ3) is 3.07. The van der Waals surface area contributed by atoms with Crippen molar-refractivity contribution in [2.24, 2.45) is 0 Å². The van der Waals surface area contributed by atoms with E-state index in [4.69, 9.17) is 16.4 Å². The van der Waals surface area contributed by atoms with Crippen LogP contribution >= 0.6 is 10.7 Å². The predicted molar refractivity (Wildman–Crippen MR) is 80.5 cm³/mol. The van der Waals surface area contributed by atoms with E-state index in [0.29, 0.717) is 5.56 Å². The van der Waals surface area contributed by atoms with Gasteiger partial charge in [0.2, 0.25) is 5.95 Å². The SMILES string of the molecule is Cc1cc(-n2nc(C(F)(F)F)nc2N)c(C2CC2)cc1S(=O)(=O)Cl. The maximum Gasteiger partial charge on any atom is 0.453 e. The molecule has 130 valence electrons. The highest BCUT2D eigenvalue weighted by molar-refractivity contribution is 8.13. The molecule has 1 aromatic carbocycles. The van der Waals surface area contributed by atoms with Crippen molar-refractivity contribution < 1.29 is 21.6 Å². The molecule has 1 aliphatic carbocycles. The van der Waals surface area contributed by atoms with E-state index in [1.807, 2.05) is 0 Å². The minimum absolute atomic E-state index is 0.0238. The molecule has 1 saturated carbocycles. The zero-order chi connectivity index (χ0) is 17.9. The summed E-state index contributed by atoms with van der Waals surface area (Å²) in [4.78, 5) is 3.16. The fourth-order valence-corrected chi connectivity index (χ4v) is 3.69. The fourth-order valence-electron chi connectivity index (χ4n) is 2.48. The van der Waals surface area contributed by atoms with E-state index >= 15 is 0 Å². The van der Waals surface area contributed by atoms with Crippen LogP contribution in [-0.2, 0) is 15.2 Å². The van der Waals surface area contributed by atoms with Crippen LogP contribution in [0.25, 0.3) is 5.69 Å². The molecule has 0 saturated heterocycles. The number of nitrogens with two attached hydrogens (primary N) is 1. The first-order chi connectivity index (χ1) is 11.0. The fraction of sp³-hybridized carbons (Fsp3) is 0.385. The lowest BCUT2D eigenvalue weighted by atomic mass is 10.1. The maximum absolute atomic E-state index is 12.8. The lowest BCUT2D eigenvalue weighted by molar-refractivity contribution is -0.144. The Hall–Kier alpha value is -1.81. The van der Waals surface area contributed by atoms with E-state index in [-0.39, 0.29) is 22.1 Å². The Morgan fingerprint density at radius 3 is 2.42 bits per heavy atom. The second-order valence-electron chi connectivity index (χ2n) is 5.59. The summed E-state index contributed by atoms with van der Waals surface area (Å²) in [5.41, 5.74) is 6.67. The molecule has 2 aromatic rings. The Bertz CT molecular complexity index is 920. The van der Waals surface area contributed by atoms with Crippen molar-refractivity contribution in [1.29, 1.82) is 0 Å². The monoisotopic (exact) mass is 380 g/mol. The molecule has 0 atom stereocenters. The zero-order valence-electron chi connectivity index (χ0n) is 12.3. The molecular weight excluding hydrogens is 369 g/mol. The maximum atomic E-state index is 12.8. The van der Waals surface area contributed by atoms with E-state index < -0.39 is 27.0 Å². The van der Waals surface area contributed by atoms with Crippen LogP contribution < -0.4 is 5.73 Å². The van der Waals surface area contributed by atoms with Crippen molar-refractivity contribution >= 4 is 25.7 Å². The van der Waals surface area contributed by atoms with Crippen molar-refractivity contribution in [3.8, 4) is 5.69 Å². The standard InChI is InChI=1S/C13H12ClF3N4O2S/c1-6-4-9(21-12(18)19-11(20-21)13(15,16)17)8(7-2-3-7)5-10(6)24(14,22)23/h4-5,7H,2-3H2,1H3,(H2,18,19,20). The van der Waals surface area contributed by atoms with Crippen LogP contribution in [-0.4, -0.2) is 23.2 Å².